The van der Waals surface area contributed by atoms with Gasteiger partial charge in [-0.25, -0.2) is 8.42 Å². The Bertz CT molecular complexity index is 640. The molecule has 4 nitrogen and oxygen atoms in total. The Morgan fingerprint density at radius 2 is 1.58 bits per heavy atom. The molecule has 0 saturated heterocycles. The molecular formula is C14H16N2O2S. The number of nitrogens with one attached hydrogen (secondary N) is 2. The van der Waals surface area contributed by atoms with E-state index in [1.165, 1.54) is 0 Å². The fourth-order valence-corrected chi connectivity index (χ4v) is 3.12. The highest BCUT2D eigenvalue weighted by molar-refractivity contribution is 7.92. The predicted octanol–water partition coefficient (Wildman–Crippen LogP) is 2.21. The monoisotopic (exact) mass is 276 g/mol. The summed E-state index contributed by atoms with van der Waals surface area (Å²) in [6.45, 7) is 0.506. The summed E-state index contributed by atoms with van der Waals surface area (Å²) in [6, 6.07) is 15.8. The van der Waals surface area contributed by atoms with Crippen molar-refractivity contribution < 1.29 is 8.42 Å². The van der Waals surface area contributed by atoms with Crippen molar-refractivity contribution >= 4 is 15.7 Å². The second kappa shape index (κ2) is 5.86. The second-order valence-electron chi connectivity index (χ2n) is 4.11. The Balaban J connectivity index is 2.35. The van der Waals surface area contributed by atoms with Gasteiger partial charge >= 0.3 is 0 Å². The Morgan fingerprint density at radius 3 is 2.26 bits per heavy atom. The third-order valence-electron chi connectivity index (χ3n) is 2.66. The lowest BCUT2D eigenvalue weighted by Crippen LogP contribution is -2.17. The molecule has 0 aliphatic heterocycles. The summed E-state index contributed by atoms with van der Waals surface area (Å²) < 4.78 is 27.3. The minimum atomic E-state index is -3.56. The molecule has 0 aliphatic carbocycles. The summed E-state index contributed by atoms with van der Waals surface area (Å²) in [4.78, 5) is 0.299. The van der Waals surface area contributed by atoms with Crippen LogP contribution in [-0.2, 0) is 16.6 Å². The molecule has 5 heteroatoms. The van der Waals surface area contributed by atoms with E-state index < -0.39 is 10.0 Å². The van der Waals surface area contributed by atoms with E-state index in [0.29, 0.717) is 17.1 Å². The first kappa shape index (κ1) is 13.6. The van der Waals surface area contributed by atoms with E-state index in [4.69, 9.17) is 0 Å². The third kappa shape index (κ3) is 3.33. The fraction of sp³-hybridized carbons (Fsp3) is 0.143. The normalized spacial score (nSPS) is 11.2. The highest BCUT2D eigenvalue weighted by Gasteiger charge is 2.17. The Labute approximate surface area is 113 Å². The van der Waals surface area contributed by atoms with Crippen LogP contribution in [0, 0.1) is 0 Å². The number of anilines is 1. The number of rotatable bonds is 5. The fourth-order valence-electron chi connectivity index (χ4n) is 1.82. The van der Waals surface area contributed by atoms with Gasteiger partial charge in [-0.3, -0.25) is 4.72 Å². The maximum Gasteiger partial charge on any atom is 0.262 e. The summed E-state index contributed by atoms with van der Waals surface area (Å²) >= 11 is 0. The van der Waals surface area contributed by atoms with Gasteiger partial charge in [-0.1, -0.05) is 36.4 Å². The lowest BCUT2D eigenvalue weighted by molar-refractivity contribution is 0.599. The molecule has 0 saturated carbocycles. The Kier molecular flexibility index (Phi) is 4.19. The molecule has 0 aromatic heterocycles. The Hall–Kier alpha value is -1.85. The molecule has 0 amide bonds. The molecule has 0 spiro atoms. The predicted molar refractivity (Wildman–Crippen MR) is 76.5 cm³/mol. The maximum absolute atomic E-state index is 12.4. The van der Waals surface area contributed by atoms with E-state index >= 15 is 0 Å². The van der Waals surface area contributed by atoms with Crippen molar-refractivity contribution in [3.8, 4) is 0 Å². The summed E-state index contributed by atoms with van der Waals surface area (Å²) in [7, 11) is -1.77. The van der Waals surface area contributed by atoms with Gasteiger partial charge in [-0.05, 0) is 30.8 Å². The van der Waals surface area contributed by atoms with Crippen LogP contribution in [0.5, 0.6) is 0 Å². The number of sulfonamides is 1. The van der Waals surface area contributed by atoms with Gasteiger partial charge in [0.1, 0.15) is 0 Å². The molecule has 2 aromatic rings. The van der Waals surface area contributed by atoms with E-state index in [-0.39, 0.29) is 0 Å². The minimum Gasteiger partial charge on any atom is -0.316 e. The number of hydrogen-bond acceptors (Lipinski definition) is 3. The van der Waals surface area contributed by atoms with Crippen molar-refractivity contribution in [2.75, 3.05) is 11.8 Å². The molecule has 2 aromatic carbocycles. The smallest absolute Gasteiger partial charge is 0.262 e. The molecule has 0 unspecified atom stereocenters. The van der Waals surface area contributed by atoms with E-state index in [1.54, 1.807) is 49.5 Å². The Morgan fingerprint density at radius 1 is 0.947 bits per heavy atom. The second-order valence-corrected chi connectivity index (χ2v) is 5.76. The van der Waals surface area contributed by atoms with Crippen LogP contribution < -0.4 is 10.0 Å². The first-order valence-corrected chi connectivity index (χ1v) is 7.42. The van der Waals surface area contributed by atoms with Crippen molar-refractivity contribution in [3.05, 3.63) is 60.2 Å². The average Bonchev–Trinajstić information content (AvgIpc) is 2.40. The van der Waals surface area contributed by atoms with Gasteiger partial charge < -0.3 is 5.32 Å². The van der Waals surface area contributed by atoms with Crippen molar-refractivity contribution in [1.29, 1.82) is 0 Å². The van der Waals surface area contributed by atoms with Crippen molar-refractivity contribution in [2.45, 2.75) is 11.4 Å². The molecule has 0 heterocycles. The molecular weight excluding hydrogens is 260 g/mol. The van der Waals surface area contributed by atoms with Crippen LogP contribution in [0.2, 0.25) is 0 Å². The first-order chi connectivity index (χ1) is 9.13. The maximum atomic E-state index is 12.4. The molecule has 0 fully saturated rings. The number of benzene rings is 2. The van der Waals surface area contributed by atoms with Crippen LogP contribution in [0.1, 0.15) is 5.56 Å². The SMILES string of the molecule is CNCc1ccccc1S(=O)(=O)Nc1ccccc1. The van der Waals surface area contributed by atoms with Gasteiger partial charge in [0.15, 0.2) is 0 Å². The van der Waals surface area contributed by atoms with Crippen LogP contribution in [0.25, 0.3) is 0 Å². The first-order valence-electron chi connectivity index (χ1n) is 5.94. The topological polar surface area (TPSA) is 58.2 Å². The molecule has 0 bridgehead atoms. The van der Waals surface area contributed by atoms with E-state index in [0.717, 1.165) is 5.56 Å². The highest BCUT2D eigenvalue weighted by atomic mass is 32.2. The average molecular weight is 276 g/mol. The zero-order chi connectivity index (χ0) is 13.7. The molecule has 19 heavy (non-hydrogen) atoms. The van der Waals surface area contributed by atoms with Crippen molar-refractivity contribution in [2.24, 2.45) is 0 Å². The van der Waals surface area contributed by atoms with Crippen LogP contribution in [0.3, 0.4) is 0 Å². The molecule has 2 rings (SSSR count). The zero-order valence-electron chi connectivity index (χ0n) is 10.6. The highest BCUT2D eigenvalue weighted by Crippen LogP contribution is 2.19. The summed E-state index contributed by atoms with van der Waals surface area (Å²) in [6.07, 6.45) is 0. The standard InChI is InChI=1S/C14H16N2O2S/c1-15-11-12-7-5-6-10-14(12)19(17,18)16-13-8-3-2-4-9-13/h2-10,15-16H,11H2,1H3. The van der Waals surface area contributed by atoms with E-state index in [2.05, 4.69) is 10.0 Å². The van der Waals surface area contributed by atoms with Crippen LogP contribution >= 0.6 is 0 Å². The lowest BCUT2D eigenvalue weighted by atomic mass is 10.2. The summed E-state index contributed by atoms with van der Waals surface area (Å²) in [5.74, 6) is 0. The number of hydrogen-bond donors (Lipinski definition) is 2. The molecule has 0 aliphatic rings. The van der Waals surface area contributed by atoms with E-state index in [9.17, 15) is 8.42 Å². The van der Waals surface area contributed by atoms with Crippen molar-refractivity contribution in [1.82, 2.24) is 5.32 Å². The summed E-state index contributed by atoms with van der Waals surface area (Å²) in [5, 5.41) is 2.97. The minimum absolute atomic E-state index is 0.299. The van der Waals surface area contributed by atoms with Crippen LogP contribution in [0.4, 0.5) is 5.69 Å². The molecule has 2 N–H and O–H groups in total. The quantitative estimate of drug-likeness (QED) is 0.880. The molecule has 0 atom stereocenters. The number of para-hydroxylation sites is 1. The zero-order valence-corrected chi connectivity index (χ0v) is 11.4. The van der Waals surface area contributed by atoms with Gasteiger partial charge in [0.2, 0.25) is 0 Å². The van der Waals surface area contributed by atoms with Gasteiger partial charge in [-0.15, -0.1) is 0 Å². The molecule has 0 radical (unpaired) electrons. The van der Waals surface area contributed by atoms with Gasteiger partial charge in [0.25, 0.3) is 10.0 Å². The van der Waals surface area contributed by atoms with Gasteiger partial charge in [0, 0.05) is 12.2 Å². The third-order valence-corrected chi connectivity index (χ3v) is 4.14. The van der Waals surface area contributed by atoms with Crippen molar-refractivity contribution in [3.63, 3.8) is 0 Å². The largest absolute Gasteiger partial charge is 0.316 e. The van der Waals surface area contributed by atoms with Crippen LogP contribution in [-0.4, -0.2) is 15.5 Å². The van der Waals surface area contributed by atoms with E-state index in [1.807, 2.05) is 12.1 Å². The lowest BCUT2D eigenvalue weighted by Gasteiger charge is -2.12. The molecule has 100 valence electrons. The van der Waals surface area contributed by atoms with Gasteiger partial charge in [0.05, 0.1) is 4.90 Å². The summed E-state index contributed by atoms with van der Waals surface area (Å²) in [5.41, 5.74) is 1.30. The van der Waals surface area contributed by atoms with Gasteiger partial charge in [-0.2, -0.15) is 0 Å². The van der Waals surface area contributed by atoms with Crippen LogP contribution in [0.15, 0.2) is 59.5 Å².